The first-order chi connectivity index (χ1) is 12.1. The standard InChI is InChI=1S/C18H19ClN2O3S/c1-24-18(23)11-21(10-14-6-2-3-8-16(14)19)17(22)13-25-12-15-7-4-5-9-20-15/h2-9H,10-13H2,1H3. The molecule has 25 heavy (non-hydrogen) atoms. The molecule has 0 bridgehead atoms. The SMILES string of the molecule is COC(=O)CN(Cc1ccccc1Cl)C(=O)CSCc1ccccn1. The van der Waals surface area contributed by atoms with Crippen molar-refractivity contribution in [2.24, 2.45) is 0 Å². The number of hydrogen-bond acceptors (Lipinski definition) is 5. The zero-order chi connectivity index (χ0) is 18.1. The van der Waals surface area contributed by atoms with Crippen molar-refractivity contribution in [1.82, 2.24) is 9.88 Å². The predicted molar refractivity (Wildman–Crippen MR) is 99.3 cm³/mol. The molecule has 2 rings (SSSR count). The molecule has 5 nitrogen and oxygen atoms in total. The maximum absolute atomic E-state index is 12.5. The van der Waals surface area contributed by atoms with Gasteiger partial charge in [0.1, 0.15) is 6.54 Å². The van der Waals surface area contributed by atoms with Crippen molar-refractivity contribution in [2.75, 3.05) is 19.4 Å². The fourth-order valence-corrected chi connectivity index (χ4v) is 3.14. The highest BCUT2D eigenvalue weighted by Gasteiger charge is 2.19. The van der Waals surface area contributed by atoms with E-state index in [1.165, 1.54) is 23.8 Å². The van der Waals surface area contributed by atoms with Crippen LogP contribution in [0, 0.1) is 0 Å². The molecule has 1 amide bonds. The van der Waals surface area contributed by atoms with Crippen LogP contribution in [0.4, 0.5) is 0 Å². The summed E-state index contributed by atoms with van der Waals surface area (Å²) >= 11 is 7.61. The van der Waals surface area contributed by atoms with Gasteiger partial charge in [0.15, 0.2) is 0 Å². The fraction of sp³-hybridized carbons (Fsp3) is 0.278. The molecule has 0 unspecified atom stereocenters. The molecule has 132 valence electrons. The zero-order valence-corrected chi connectivity index (χ0v) is 15.4. The van der Waals surface area contributed by atoms with Crippen LogP contribution in [0.15, 0.2) is 48.7 Å². The topological polar surface area (TPSA) is 59.5 Å². The lowest BCUT2D eigenvalue weighted by atomic mass is 10.2. The van der Waals surface area contributed by atoms with E-state index in [0.29, 0.717) is 10.8 Å². The molecule has 0 aliphatic carbocycles. The third-order valence-corrected chi connectivity index (χ3v) is 4.74. The maximum Gasteiger partial charge on any atom is 0.325 e. The van der Waals surface area contributed by atoms with Gasteiger partial charge in [0.25, 0.3) is 0 Å². The molecule has 0 aliphatic heterocycles. The van der Waals surface area contributed by atoms with E-state index in [1.807, 2.05) is 36.4 Å². The number of nitrogens with zero attached hydrogens (tertiary/aromatic N) is 2. The highest BCUT2D eigenvalue weighted by atomic mass is 35.5. The Morgan fingerprint density at radius 3 is 2.64 bits per heavy atom. The molecule has 0 N–H and O–H groups in total. The van der Waals surface area contributed by atoms with Gasteiger partial charge in [0.2, 0.25) is 5.91 Å². The van der Waals surface area contributed by atoms with Crippen LogP contribution >= 0.6 is 23.4 Å². The number of esters is 1. The van der Waals surface area contributed by atoms with Crippen molar-refractivity contribution in [3.05, 3.63) is 64.9 Å². The minimum Gasteiger partial charge on any atom is -0.468 e. The first kappa shape index (κ1) is 19.3. The van der Waals surface area contributed by atoms with E-state index in [4.69, 9.17) is 11.6 Å². The van der Waals surface area contributed by atoms with Crippen molar-refractivity contribution in [3.8, 4) is 0 Å². The minimum atomic E-state index is -0.463. The monoisotopic (exact) mass is 378 g/mol. The number of carbonyl (C=O) groups excluding carboxylic acids is 2. The van der Waals surface area contributed by atoms with E-state index in [9.17, 15) is 9.59 Å². The summed E-state index contributed by atoms with van der Waals surface area (Å²) in [7, 11) is 1.30. The Balaban J connectivity index is 1.97. The van der Waals surface area contributed by atoms with Crippen molar-refractivity contribution in [2.45, 2.75) is 12.3 Å². The smallest absolute Gasteiger partial charge is 0.325 e. The fourth-order valence-electron chi connectivity index (χ4n) is 2.10. The van der Waals surface area contributed by atoms with E-state index >= 15 is 0 Å². The van der Waals surface area contributed by atoms with Crippen LogP contribution in [0.1, 0.15) is 11.3 Å². The Kier molecular flexibility index (Phi) is 7.76. The Morgan fingerprint density at radius 1 is 1.20 bits per heavy atom. The molecule has 0 radical (unpaired) electrons. The number of carbonyl (C=O) groups is 2. The van der Waals surface area contributed by atoms with Crippen LogP contribution in [0.25, 0.3) is 0 Å². The second kappa shape index (κ2) is 10.1. The number of hydrogen-bond donors (Lipinski definition) is 0. The second-order valence-corrected chi connectivity index (χ2v) is 6.62. The summed E-state index contributed by atoms with van der Waals surface area (Å²) in [6, 6.07) is 12.9. The molecule has 0 saturated heterocycles. The average molecular weight is 379 g/mol. The third-order valence-electron chi connectivity index (χ3n) is 3.42. The summed E-state index contributed by atoms with van der Waals surface area (Å²) in [6.45, 7) is 0.155. The van der Waals surface area contributed by atoms with E-state index in [-0.39, 0.29) is 24.7 Å². The molecular weight excluding hydrogens is 360 g/mol. The van der Waals surface area contributed by atoms with Gasteiger partial charge in [-0.05, 0) is 23.8 Å². The van der Waals surface area contributed by atoms with Crippen LogP contribution in [-0.4, -0.2) is 41.2 Å². The molecule has 0 aliphatic rings. The zero-order valence-electron chi connectivity index (χ0n) is 13.9. The van der Waals surface area contributed by atoms with E-state index in [1.54, 1.807) is 12.3 Å². The third kappa shape index (κ3) is 6.40. The quantitative estimate of drug-likeness (QED) is 0.660. The van der Waals surface area contributed by atoms with E-state index in [2.05, 4.69) is 9.72 Å². The van der Waals surface area contributed by atoms with Crippen molar-refractivity contribution < 1.29 is 14.3 Å². The van der Waals surface area contributed by atoms with Gasteiger partial charge in [0, 0.05) is 23.5 Å². The van der Waals surface area contributed by atoms with Crippen LogP contribution in [0.3, 0.4) is 0 Å². The number of amides is 1. The Bertz CT molecular complexity index is 712. The summed E-state index contributed by atoms with van der Waals surface area (Å²) in [5, 5.41) is 0.561. The van der Waals surface area contributed by atoms with E-state index in [0.717, 1.165) is 11.3 Å². The number of halogens is 1. The summed E-state index contributed by atoms with van der Waals surface area (Å²) in [4.78, 5) is 29.8. The van der Waals surface area contributed by atoms with Gasteiger partial charge in [-0.25, -0.2) is 0 Å². The van der Waals surface area contributed by atoms with Gasteiger partial charge in [-0.15, -0.1) is 11.8 Å². The lowest BCUT2D eigenvalue weighted by molar-refractivity contribution is -0.146. The number of ether oxygens (including phenoxy) is 1. The molecule has 2 aromatic rings. The summed E-state index contributed by atoms with van der Waals surface area (Å²) < 4.78 is 4.69. The Hall–Kier alpha value is -2.05. The molecule has 0 saturated carbocycles. The van der Waals surface area contributed by atoms with Gasteiger partial charge in [-0.3, -0.25) is 14.6 Å². The number of pyridine rings is 1. The molecule has 1 aromatic carbocycles. The number of methoxy groups -OCH3 is 1. The highest BCUT2D eigenvalue weighted by molar-refractivity contribution is 7.99. The number of aromatic nitrogens is 1. The summed E-state index contributed by atoms with van der Waals surface area (Å²) in [5.74, 6) is 0.268. The van der Waals surface area contributed by atoms with E-state index < -0.39 is 5.97 Å². The van der Waals surface area contributed by atoms with Gasteiger partial charge in [-0.2, -0.15) is 0 Å². The molecule has 0 spiro atoms. The number of benzene rings is 1. The highest BCUT2D eigenvalue weighted by Crippen LogP contribution is 2.18. The molecular formula is C18H19ClN2O3S. The number of rotatable bonds is 8. The lowest BCUT2D eigenvalue weighted by Crippen LogP contribution is -2.37. The van der Waals surface area contributed by atoms with Gasteiger partial charge < -0.3 is 9.64 Å². The van der Waals surface area contributed by atoms with Gasteiger partial charge in [-0.1, -0.05) is 35.9 Å². The van der Waals surface area contributed by atoms with Gasteiger partial charge >= 0.3 is 5.97 Å². The lowest BCUT2D eigenvalue weighted by Gasteiger charge is -2.22. The van der Waals surface area contributed by atoms with Crippen LogP contribution in [0.5, 0.6) is 0 Å². The van der Waals surface area contributed by atoms with Crippen LogP contribution in [-0.2, 0) is 26.6 Å². The Morgan fingerprint density at radius 2 is 1.96 bits per heavy atom. The number of thioether (sulfide) groups is 1. The largest absolute Gasteiger partial charge is 0.468 e. The van der Waals surface area contributed by atoms with Crippen molar-refractivity contribution in [1.29, 1.82) is 0 Å². The minimum absolute atomic E-state index is 0.106. The summed E-state index contributed by atoms with van der Waals surface area (Å²) in [6.07, 6.45) is 1.72. The van der Waals surface area contributed by atoms with Crippen molar-refractivity contribution >= 4 is 35.2 Å². The molecule has 0 atom stereocenters. The Labute approximate surface area is 156 Å². The molecule has 1 aromatic heterocycles. The van der Waals surface area contributed by atoms with Gasteiger partial charge in [0.05, 0.1) is 18.6 Å². The average Bonchev–Trinajstić information content (AvgIpc) is 2.63. The molecule has 7 heteroatoms. The molecule has 0 fully saturated rings. The maximum atomic E-state index is 12.5. The normalized spacial score (nSPS) is 10.3. The van der Waals surface area contributed by atoms with Crippen molar-refractivity contribution in [3.63, 3.8) is 0 Å². The predicted octanol–water partition coefficient (Wildman–Crippen LogP) is 3.17. The second-order valence-electron chi connectivity index (χ2n) is 5.23. The van der Waals surface area contributed by atoms with Crippen LogP contribution in [0.2, 0.25) is 5.02 Å². The summed E-state index contributed by atoms with van der Waals surface area (Å²) in [5.41, 5.74) is 1.70. The molecule has 1 heterocycles. The first-order valence-electron chi connectivity index (χ1n) is 7.66. The van der Waals surface area contributed by atoms with Crippen LogP contribution < -0.4 is 0 Å². The first-order valence-corrected chi connectivity index (χ1v) is 9.19.